The number of thioether (sulfide) groups is 1. The van der Waals surface area contributed by atoms with Crippen molar-refractivity contribution in [3.05, 3.63) is 0 Å². The number of aliphatic hydroxyl groups excluding tert-OH is 1. The highest BCUT2D eigenvalue weighted by molar-refractivity contribution is 7.99. The maximum atomic E-state index is 8.76. The molecular formula is C9H21NOS. The summed E-state index contributed by atoms with van der Waals surface area (Å²) in [6.45, 7) is 7.72. The standard InChI is InChI=1S/C9H21NOS/c1-4-12-8-6-10-9(2,3)5-7-11/h10-11H,4-8H2,1-3H3. The van der Waals surface area contributed by atoms with E-state index in [4.69, 9.17) is 5.11 Å². The molecule has 0 aromatic heterocycles. The van der Waals surface area contributed by atoms with E-state index in [0.29, 0.717) is 0 Å². The van der Waals surface area contributed by atoms with Crippen LogP contribution in [0.4, 0.5) is 0 Å². The fourth-order valence-corrected chi connectivity index (χ4v) is 1.51. The van der Waals surface area contributed by atoms with E-state index in [1.807, 2.05) is 11.8 Å². The van der Waals surface area contributed by atoms with Crippen molar-refractivity contribution in [1.82, 2.24) is 5.32 Å². The third-order valence-electron chi connectivity index (χ3n) is 1.79. The monoisotopic (exact) mass is 191 g/mol. The lowest BCUT2D eigenvalue weighted by molar-refractivity contribution is 0.233. The fourth-order valence-electron chi connectivity index (χ4n) is 0.974. The Kier molecular flexibility index (Phi) is 6.90. The minimum atomic E-state index is 0.0864. The molecule has 0 aromatic carbocycles. The second kappa shape index (κ2) is 6.75. The Morgan fingerprint density at radius 3 is 2.58 bits per heavy atom. The van der Waals surface area contributed by atoms with Gasteiger partial charge in [-0.15, -0.1) is 0 Å². The molecule has 0 aliphatic carbocycles. The number of aliphatic hydroxyl groups is 1. The molecule has 0 fully saturated rings. The molecule has 0 unspecified atom stereocenters. The van der Waals surface area contributed by atoms with Crippen molar-refractivity contribution in [1.29, 1.82) is 0 Å². The topological polar surface area (TPSA) is 32.3 Å². The molecule has 0 aliphatic rings. The van der Waals surface area contributed by atoms with Gasteiger partial charge in [0.2, 0.25) is 0 Å². The van der Waals surface area contributed by atoms with Crippen LogP contribution >= 0.6 is 11.8 Å². The first kappa shape index (κ1) is 12.3. The van der Waals surface area contributed by atoms with E-state index in [2.05, 4.69) is 26.1 Å². The first-order valence-corrected chi connectivity index (χ1v) is 5.71. The molecule has 0 bridgehead atoms. The normalized spacial score (nSPS) is 12.0. The molecule has 74 valence electrons. The van der Waals surface area contributed by atoms with Crippen LogP contribution in [0.5, 0.6) is 0 Å². The first-order valence-electron chi connectivity index (χ1n) is 4.56. The lowest BCUT2D eigenvalue weighted by Gasteiger charge is -2.25. The Labute approximate surface area is 80.1 Å². The van der Waals surface area contributed by atoms with Gasteiger partial charge in [-0.3, -0.25) is 0 Å². The molecule has 2 nitrogen and oxygen atoms in total. The second-order valence-corrected chi connectivity index (χ2v) is 4.88. The van der Waals surface area contributed by atoms with Crippen LogP contribution < -0.4 is 5.32 Å². The van der Waals surface area contributed by atoms with E-state index in [0.717, 1.165) is 18.7 Å². The molecule has 0 rings (SSSR count). The van der Waals surface area contributed by atoms with Crippen LogP contribution in [0.2, 0.25) is 0 Å². The zero-order valence-corrected chi connectivity index (χ0v) is 9.21. The minimum absolute atomic E-state index is 0.0864. The van der Waals surface area contributed by atoms with Gasteiger partial charge in [-0.25, -0.2) is 0 Å². The van der Waals surface area contributed by atoms with Crippen molar-refractivity contribution in [3.63, 3.8) is 0 Å². The van der Waals surface area contributed by atoms with Gasteiger partial charge in [-0.2, -0.15) is 11.8 Å². The number of rotatable bonds is 7. The van der Waals surface area contributed by atoms with E-state index in [1.54, 1.807) is 0 Å². The Hall–Kier alpha value is 0.270. The van der Waals surface area contributed by atoms with Gasteiger partial charge in [0.25, 0.3) is 0 Å². The van der Waals surface area contributed by atoms with Gasteiger partial charge in [-0.1, -0.05) is 6.92 Å². The molecular weight excluding hydrogens is 170 g/mol. The molecule has 0 saturated heterocycles. The van der Waals surface area contributed by atoms with Crippen LogP contribution in [0, 0.1) is 0 Å². The van der Waals surface area contributed by atoms with Crippen LogP contribution in [0.25, 0.3) is 0 Å². The molecule has 0 atom stereocenters. The highest BCUT2D eigenvalue weighted by Crippen LogP contribution is 2.07. The van der Waals surface area contributed by atoms with Gasteiger partial charge >= 0.3 is 0 Å². The van der Waals surface area contributed by atoms with E-state index in [-0.39, 0.29) is 12.1 Å². The zero-order valence-electron chi connectivity index (χ0n) is 8.39. The maximum absolute atomic E-state index is 8.76. The van der Waals surface area contributed by atoms with Gasteiger partial charge in [-0.05, 0) is 26.0 Å². The van der Waals surface area contributed by atoms with E-state index >= 15 is 0 Å². The summed E-state index contributed by atoms with van der Waals surface area (Å²) in [5, 5.41) is 12.2. The molecule has 12 heavy (non-hydrogen) atoms. The van der Waals surface area contributed by atoms with Crippen molar-refractivity contribution < 1.29 is 5.11 Å². The van der Waals surface area contributed by atoms with Crippen molar-refractivity contribution in [3.8, 4) is 0 Å². The lowest BCUT2D eigenvalue weighted by Crippen LogP contribution is -2.41. The molecule has 0 spiro atoms. The number of nitrogens with one attached hydrogen (secondary N) is 1. The number of hydrogen-bond donors (Lipinski definition) is 2. The van der Waals surface area contributed by atoms with Gasteiger partial charge in [0.15, 0.2) is 0 Å². The Morgan fingerprint density at radius 2 is 2.08 bits per heavy atom. The highest BCUT2D eigenvalue weighted by atomic mass is 32.2. The molecule has 3 heteroatoms. The summed E-state index contributed by atoms with van der Waals surface area (Å²) in [5.41, 5.74) is 0.0864. The van der Waals surface area contributed by atoms with Crippen molar-refractivity contribution >= 4 is 11.8 Å². The Balaban J connectivity index is 3.33. The summed E-state index contributed by atoms with van der Waals surface area (Å²) in [4.78, 5) is 0. The number of hydrogen-bond acceptors (Lipinski definition) is 3. The molecule has 0 amide bonds. The molecule has 0 heterocycles. The molecule has 0 aromatic rings. The van der Waals surface area contributed by atoms with Crippen LogP contribution in [0.3, 0.4) is 0 Å². The van der Waals surface area contributed by atoms with Gasteiger partial charge in [0.1, 0.15) is 0 Å². The van der Waals surface area contributed by atoms with Crippen molar-refractivity contribution in [2.45, 2.75) is 32.7 Å². The van der Waals surface area contributed by atoms with Gasteiger partial charge in [0.05, 0.1) is 0 Å². The Morgan fingerprint density at radius 1 is 1.42 bits per heavy atom. The van der Waals surface area contributed by atoms with Gasteiger partial charge < -0.3 is 10.4 Å². The largest absolute Gasteiger partial charge is 0.396 e. The van der Waals surface area contributed by atoms with E-state index < -0.39 is 0 Å². The molecule has 0 saturated carbocycles. The smallest absolute Gasteiger partial charge is 0.0448 e. The minimum Gasteiger partial charge on any atom is -0.396 e. The summed E-state index contributed by atoms with van der Waals surface area (Å²) >= 11 is 1.94. The van der Waals surface area contributed by atoms with E-state index in [1.165, 1.54) is 5.75 Å². The van der Waals surface area contributed by atoms with Gasteiger partial charge in [0, 0.05) is 24.4 Å². The maximum Gasteiger partial charge on any atom is 0.0448 e. The van der Waals surface area contributed by atoms with Crippen molar-refractivity contribution in [2.75, 3.05) is 24.7 Å². The van der Waals surface area contributed by atoms with E-state index in [9.17, 15) is 0 Å². The first-order chi connectivity index (χ1) is 5.62. The zero-order chi connectivity index (χ0) is 9.45. The van der Waals surface area contributed by atoms with Crippen LogP contribution in [0.15, 0.2) is 0 Å². The van der Waals surface area contributed by atoms with Crippen molar-refractivity contribution in [2.24, 2.45) is 0 Å². The lowest BCUT2D eigenvalue weighted by atomic mass is 10.0. The second-order valence-electron chi connectivity index (χ2n) is 3.48. The predicted molar refractivity (Wildman–Crippen MR) is 56.8 cm³/mol. The average molecular weight is 191 g/mol. The predicted octanol–water partition coefficient (Wildman–Crippen LogP) is 1.49. The average Bonchev–Trinajstić information content (AvgIpc) is 1.98. The fraction of sp³-hybridized carbons (Fsp3) is 1.00. The van der Waals surface area contributed by atoms with Crippen LogP contribution in [0.1, 0.15) is 27.2 Å². The molecule has 0 radical (unpaired) electrons. The Bertz CT molecular complexity index is 107. The van der Waals surface area contributed by atoms with Crippen LogP contribution in [-0.4, -0.2) is 35.3 Å². The summed E-state index contributed by atoms with van der Waals surface area (Å²) in [6.07, 6.45) is 0.823. The SMILES string of the molecule is CCSCCNC(C)(C)CCO. The quantitative estimate of drug-likeness (QED) is 0.598. The van der Waals surface area contributed by atoms with Crippen LogP contribution in [-0.2, 0) is 0 Å². The highest BCUT2D eigenvalue weighted by Gasteiger charge is 2.14. The molecule has 0 aliphatic heterocycles. The summed E-state index contributed by atoms with van der Waals surface area (Å²) in [5.74, 6) is 2.34. The summed E-state index contributed by atoms with van der Waals surface area (Å²) in [6, 6.07) is 0. The molecule has 2 N–H and O–H groups in total. The summed E-state index contributed by atoms with van der Waals surface area (Å²) < 4.78 is 0. The third kappa shape index (κ3) is 6.95. The third-order valence-corrected chi connectivity index (χ3v) is 2.69. The summed E-state index contributed by atoms with van der Waals surface area (Å²) in [7, 11) is 0.